The molecule has 0 atom stereocenters. The Labute approximate surface area is 181 Å². The van der Waals surface area contributed by atoms with Gasteiger partial charge in [0.15, 0.2) is 11.6 Å². The number of aromatic nitrogens is 4. The van der Waals surface area contributed by atoms with E-state index >= 15 is 0 Å². The molecule has 0 aliphatic heterocycles. The number of para-hydroxylation sites is 1. The highest BCUT2D eigenvalue weighted by Gasteiger charge is 2.14. The quantitative estimate of drug-likeness (QED) is 0.455. The van der Waals surface area contributed by atoms with E-state index in [2.05, 4.69) is 20.4 Å². The van der Waals surface area contributed by atoms with Crippen LogP contribution < -0.4 is 10.9 Å². The molecule has 1 N–H and O–H groups in total. The summed E-state index contributed by atoms with van der Waals surface area (Å²) in [6.45, 7) is 1.91. The first kappa shape index (κ1) is 19.4. The maximum Gasteiger partial charge on any atom is 0.291 e. The largest absolute Gasteiger partial charge is 0.459 e. The number of nitrogens with zero attached hydrogens (tertiary/aromatic N) is 4. The summed E-state index contributed by atoms with van der Waals surface area (Å²) in [7, 11) is 0. The number of fused-ring (bicyclic) bond motifs is 1. The number of carbonyl (C=O) groups excluding carboxylic acids is 1. The van der Waals surface area contributed by atoms with Crippen molar-refractivity contribution in [2.24, 2.45) is 0 Å². The minimum Gasteiger partial charge on any atom is -0.459 e. The molecular formula is C23H17N5O4. The zero-order valence-corrected chi connectivity index (χ0v) is 17.0. The average molecular weight is 427 g/mol. The summed E-state index contributed by atoms with van der Waals surface area (Å²) in [5.41, 5.74) is 1.77. The van der Waals surface area contributed by atoms with Crippen LogP contribution in [0.4, 0.5) is 5.69 Å². The van der Waals surface area contributed by atoms with Crippen LogP contribution in [-0.4, -0.2) is 25.6 Å². The molecule has 0 spiro atoms. The molecule has 0 aliphatic rings. The first-order chi connectivity index (χ1) is 15.6. The van der Waals surface area contributed by atoms with Crippen LogP contribution in [0.2, 0.25) is 0 Å². The number of anilines is 1. The van der Waals surface area contributed by atoms with Crippen LogP contribution >= 0.6 is 0 Å². The van der Waals surface area contributed by atoms with Gasteiger partial charge in [0.2, 0.25) is 0 Å². The highest BCUT2D eigenvalue weighted by atomic mass is 16.5. The Morgan fingerprint density at radius 2 is 1.84 bits per heavy atom. The van der Waals surface area contributed by atoms with Crippen LogP contribution in [-0.2, 0) is 6.54 Å². The van der Waals surface area contributed by atoms with Gasteiger partial charge in [0, 0.05) is 11.3 Å². The molecule has 9 nitrogen and oxygen atoms in total. The predicted octanol–water partition coefficient (Wildman–Crippen LogP) is 3.65. The fourth-order valence-electron chi connectivity index (χ4n) is 3.34. The van der Waals surface area contributed by atoms with Gasteiger partial charge in [-0.1, -0.05) is 17.3 Å². The number of carbonyl (C=O) groups is 1. The lowest BCUT2D eigenvalue weighted by Gasteiger charge is -2.08. The van der Waals surface area contributed by atoms with Crippen LogP contribution in [0.5, 0.6) is 0 Å². The van der Waals surface area contributed by atoms with Crippen LogP contribution in [0.15, 0.2) is 80.7 Å². The summed E-state index contributed by atoms with van der Waals surface area (Å²) in [6.07, 6.45) is 1.44. The predicted molar refractivity (Wildman–Crippen MR) is 116 cm³/mol. The Hall–Kier alpha value is -4.53. The Morgan fingerprint density at radius 3 is 2.62 bits per heavy atom. The van der Waals surface area contributed by atoms with Crippen LogP contribution in [0.3, 0.4) is 0 Å². The molecule has 0 saturated heterocycles. The molecule has 5 rings (SSSR count). The van der Waals surface area contributed by atoms with Crippen LogP contribution in [0.25, 0.3) is 22.4 Å². The standard InChI is InChI=1S/C23H17N5O4/c1-14-24-18-6-3-2-5-17(18)23(30)28(14)13-20-26-22(32-27-20)15-8-10-16(11-9-15)25-21(29)19-7-4-12-31-19/h2-12H,13H2,1H3,(H,25,29). The third-order valence-corrected chi connectivity index (χ3v) is 4.95. The van der Waals surface area contributed by atoms with Crippen molar-refractivity contribution in [3.63, 3.8) is 0 Å². The number of nitrogens with one attached hydrogen (secondary N) is 1. The molecule has 0 fully saturated rings. The molecule has 0 radical (unpaired) electrons. The van der Waals surface area contributed by atoms with Gasteiger partial charge < -0.3 is 14.3 Å². The lowest BCUT2D eigenvalue weighted by Crippen LogP contribution is -2.24. The molecule has 3 aromatic heterocycles. The maximum atomic E-state index is 12.8. The highest BCUT2D eigenvalue weighted by molar-refractivity contribution is 6.02. The number of hydrogen-bond donors (Lipinski definition) is 1. The minimum absolute atomic E-state index is 0.142. The van der Waals surface area contributed by atoms with E-state index in [1.165, 1.54) is 10.8 Å². The van der Waals surface area contributed by atoms with Gasteiger partial charge in [-0.05, 0) is 55.5 Å². The van der Waals surface area contributed by atoms with Gasteiger partial charge in [0.05, 0.1) is 23.7 Å². The van der Waals surface area contributed by atoms with Gasteiger partial charge in [-0.25, -0.2) is 4.98 Å². The van der Waals surface area contributed by atoms with E-state index in [9.17, 15) is 9.59 Å². The van der Waals surface area contributed by atoms with Gasteiger partial charge in [0.1, 0.15) is 5.82 Å². The molecule has 5 aromatic rings. The lowest BCUT2D eigenvalue weighted by molar-refractivity contribution is 0.0996. The number of furan rings is 1. The molecule has 0 bridgehead atoms. The van der Waals surface area contributed by atoms with Crippen molar-refractivity contribution in [3.05, 3.63) is 94.7 Å². The second-order valence-corrected chi connectivity index (χ2v) is 7.09. The first-order valence-electron chi connectivity index (χ1n) is 9.82. The summed E-state index contributed by atoms with van der Waals surface area (Å²) in [5.74, 6) is 1.12. The van der Waals surface area contributed by atoms with E-state index in [1.807, 2.05) is 6.07 Å². The molecule has 0 saturated carbocycles. The summed E-state index contributed by atoms with van der Waals surface area (Å²) in [6, 6.07) is 17.4. The second-order valence-electron chi connectivity index (χ2n) is 7.09. The van der Waals surface area contributed by atoms with Gasteiger partial charge in [-0.3, -0.25) is 14.2 Å². The maximum absolute atomic E-state index is 12.8. The summed E-state index contributed by atoms with van der Waals surface area (Å²) < 4.78 is 12.0. The molecule has 32 heavy (non-hydrogen) atoms. The lowest BCUT2D eigenvalue weighted by atomic mass is 10.2. The van der Waals surface area contributed by atoms with E-state index in [1.54, 1.807) is 61.5 Å². The Balaban J connectivity index is 1.35. The van der Waals surface area contributed by atoms with Gasteiger partial charge in [-0.2, -0.15) is 4.98 Å². The first-order valence-corrected chi connectivity index (χ1v) is 9.82. The minimum atomic E-state index is -0.340. The molecule has 0 aliphatic carbocycles. The molecular weight excluding hydrogens is 410 g/mol. The Bertz CT molecular complexity index is 1470. The number of aryl methyl sites for hydroxylation is 1. The van der Waals surface area contributed by atoms with Crippen molar-refractivity contribution in [1.29, 1.82) is 0 Å². The van der Waals surface area contributed by atoms with Crippen molar-refractivity contribution in [3.8, 4) is 11.5 Å². The summed E-state index contributed by atoms with van der Waals surface area (Å²) >= 11 is 0. The van der Waals surface area contributed by atoms with Crippen LogP contribution in [0.1, 0.15) is 22.2 Å². The number of benzene rings is 2. The molecule has 9 heteroatoms. The molecule has 0 unspecified atom stereocenters. The zero-order valence-electron chi connectivity index (χ0n) is 17.0. The Kier molecular flexibility index (Phi) is 4.83. The number of amides is 1. The number of rotatable bonds is 5. The van der Waals surface area contributed by atoms with E-state index in [0.717, 1.165) is 0 Å². The average Bonchev–Trinajstić information content (AvgIpc) is 3.50. The van der Waals surface area contributed by atoms with Crippen molar-refractivity contribution < 1.29 is 13.7 Å². The highest BCUT2D eigenvalue weighted by Crippen LogP contribution is 2.20. The second kappa shape index (κ2) is 7.95. The van der Waals surface area contributed by atoms with Crippen LogP contribution in [0, 0.1) is 6.92 Å². The van der Waals surface area contributed by atoms with E-state index in [-0.39, 0.29) is 23.8 Å². The smallest absolute Gasteiger partial charge is 0.291 e. The van der Waals surface area contributed by atoms with E-state index in [0.29, 0.717) is 39.7 Å². The Morgan fingerprint density at radius 1 is 1.03 bits per heavy atom. The van der Waals surface area contributed by atoms with Crippen molar-refractivity contribution >= 4 is 22.5 Å². The third kappa shape index (κ3) is 3.67. The molecule has 3 heterocycles. The van der Waals surface area contributed by atoms with Gasteiger partial charge in [-0.15, -0.1) is 0 Å². The SMILES string of the molecule is Cc1nc2ccccc2c(=O)n1Cc1noc(-c2ccc(NC(=O)c3ccco3)cc2)n1. The number of hydrogen-bond acceptors (Lipinski definition) is 7. The van der Waals surface area contributed by atoms with E-state index in [4.69, 9.17) is 8.94 Å². The normalized spacial score (nSPS) is 11.0. The summed E-state index contributed by atoms with van der Waals surface area (Å²) in [5, 5.41) is 7.28. The van der Waals surface area contributed by atoms with Crippen molar-refractivity contribution in [2.45, 2.75) is 13.5 Å². The van der Waals surface area contributed by atoms with Gasteiger partial charge >= 0.3 is 0 Å². The molecule has 158 valence electrons. The topological polar surface area (TPSA) is 116 Å². The van der Waals surface area contributed by atoms with Crippen molar-refractivity contribution in [1.82, 2.24) is 19.7 Å². The summed E-state index contributed by atoms with van der Waals surface area (Å²) in [4.78, 5) is 33.8. The van der Waals surface area contributed by atoms with Gasteiger partial charge in [0.25, 0.3) is 17.4 Å². The molecule has 1 amide bonds. The molecule has 2 aromatic carbocycles. The fourth-order valence-corrected chi connectivity index (χ4v) is 3.34. The zero-order chi connectivity index (χ0) is 22.1. The van der Waals surface area contributed by atoms with E-state index < -0.39 is 0 Å². The third-order valence-electron chi connectivity index (χ3n) is 4.95. The fraction of sp³-hybridized carbons (Fsp3) is 0.0870. The van der Waals surface area contributed by atoms with Crippen molar-refractivity contribution in [2.75, 3.05) is 5.32 Å². The monoisotopic (exact) mass is 427 g/mol.